The third kappa shape index (κ3) is 1.56. The van der Waals surface area contributed by atoms with Crippen molar-refractivity contribution in [3.8, 4) is 0 Å². The fraction of sp³-hybridized carbons (Fsp3) is 0.500. The van der Waals surface area contributed by atoms with Gasteiger partial charge in [-0.05, 0) is 37.5 Å². The van der Waals surface area contributed by atoms with Gasteiger partial charge in [-0.15, -0.1) is 0 Å². The number of aromatic nitrogens is 2. The molecule has 1 heterocycles. The third-order valence-corrected chi connectivity index (χ3v) is 4.35. The van der Waals surface area contributed by atoms with Gasteiger partial charge in [0.1, 0.15) is 5.82 Å². The van der Waals surface area contributed by atoms with Crippen molar-refractivity contribution in [2.75, 3.05) is 6.61 Å². The summed E-state index contributed by atoms with van der Waals surface area (Å²) in [4.78, 5) is 4.53. The second-order valence-electron chi connectivity index (χ2n) is 5.46. The molecule has 2 aromatic rings. The molecule has 1 aromatic heterocycles. The monoisotopic (exact) mass is 245 g/mol. The zero-order valence-electron chi connectivity index (χ0n) is 10.8. The van der Waals surface area contributed by atoms with E-state index in [2.05, 4.69) is 27.8 Å². The lowest BCUT2D eigenvalue weighted by Crippen LogP contribution is -2.25. The highest BCUT2D eigenvalue weighted by molar-refractivity contribution is 5.77. The summed E-state index contributed by atoms with van der Waals surface area (Å²) < 4.78 is 2.07. The number of aliphatic hydroxyl groups excluding tert-OH is 1. The average molecular weight is 245 g/mol. The van der Waals surface area contributed by atoms with Crippen LogP contribution in [0.4, 0.5) is 0 Å². The second kappa shape index (κ2) is 3.80. The quantitative estimate of drug-likeness (QED) is 0.864. The van der Waals surface area contributed by atoms with Crippen molar-refractivity contribution in [3.63, 3.8) is 0 Å². The molecule has 0 spiro atoms. The van der Waals surface area contributed by atoms with E-state index in [9.17, 15) is 5.11 Å². The number of imidazole rings is 1. The summed E-state index contributed by atoms with van der Waals surface area (Å²) in [6, 6.07) is 6.10. The Hall–Kier alpha value is -1.39. The van der Waals surface area contributed by atoms with Gasteiger partial charge in [-0.25, -0.2) is 4.98 Å². The topological polar surface area (TPSA) is 64.1 Å². The van der Waals surface area contributed by atoms with Gasteiger partial charge in [-0.2, -0.15) is 0 Å². The van der Waals surface area contributed by atoms with Gasteiger partial charge in [0.25, 0.3) is 0 Å². The van der Waals surface area contributed by atoms with Crippen molar-refractivity contribution in [2.24, 2.45) is 18.2 Å². The van der Waals surface area contributed by atoms with Crippen LogP contribution >= 0.6 is 0 Å². The third-order valence-electron chi connectivity index (χ3n) is 4.35. The van der Waals surface area contributed by atoms with Crippen LogP contribution in [-0.2, 0) is 7.05 Å². The van der Waals surface area contributed by atoms with Crippen LogP contribution in [0.1, 0.15) is 30.3 Å². The van der Waals surface area contributed by atoms with Crippen LogP contribution in [0.3, 0.4) is 0 Å². The highest BCUT2D eigenvalue weighted by Gasteiger charge is 2.47. The molecule has 1 aliphatic rings. The lowest BCUT2D eigenvalue weighted by Gasteiger charge is -2.21. The van der Waals surface area contributed by atoms with Crippen molar-refractivity contribution in [1.29, 1.82) is 0 Å². The SMILES string of the molecule is Cc1nc2cc(C(N)C3(CO)CC3)ccc2n1C. The van der Waals surface area contributed by atoms with Gasteiger partial charge >= 0.3 is 0 Å². The molecule has 0 bridgehead atoms. The summed E-state index contributed by atoms with van der Waals surface area (Å²) in [5, 5.41) is 9.45. The van der Waals surface area contributed by atoms with Gasteiger partial charge in [0.15, 0.2) is 0 Å². The van der Waals surface area contributed by atoms with Crippen molar-refractivity contribution < 1.29 is 5.11 Å². The molecule has 18 heavy (non-hydrogen) atoms. The zero-order valence-corrected chi connectivity index (χ0v) is 10.8. The highest BCUT2D eigenvalue weighted by Crippen LogP contribution is 2.53. The van der Waals surface area contributed by atoms with E-state index in [1.54, 1.807) is 0 Å². The number of hydrogen-bond acceptors (Lipinski definition) is 3. The molecule has 3 N–H and O–H groups in total. The first-order valence-corrected chi connectivity index (χ1v) is 6.37. The van der Waals surface area contributed by atoms with Crippen LogP contribution in [-0.4, -0.2) is 21.3 Å². The Morgan fingerprint density at radius 2 is 2.22 bits per heavy atom. The van der Waals surface area contributed by atoms with Gasteiger partial charge in [0.2, 0.25) is 0 Å². The first-order chi connectivity index (χ1) is 8.57. The summed E-state index contributed by atoms with van der Waals surface area (Å²) in [7, 11) is 2.01. The smallest absolute Gasteiger partial charge is 0.106 e. The molecule has 4 heteroatoms. The van der Waals surface area contributed by atoms with E-state index in [-0.39, 0.29) is 18.1 Å². The number of aryl methyl sites for hydroxylation is 2. The zero-order chi connectivity index (χ0) is 12.9. The molecule has 1 aromatic carbocycles. The molecular weight excluding hydrogens is 226 g/mol. The number of benzene rings is 1. The van der Waals surface area contributed by atoms with Crippen LogP contribution in [0.15, 0.2) is 18.2 Å². The van der Waals surface area contributed by atoms with Crippen molar-refractivity contribution >= 4 is 11.0 Å². The summed E-state index contributed by atoms with van der Waals surface area (Å²) in [6.07, 6.45) is 2.04. The molecule has 1 fully saturated rings. The maximum Gasteiger partial charge on any atom is 0.106 e. The molecule has 1 unspecified atom stereocenters. The van der Waals surface area contributed by atoms with Crippen LogP contribution in [0, 0.1) is 12.3 Å². The average Bonchev–Trinajstić information content (AvgIpc) is 3.12. The van der Waals surface area contributed by atoms with Gasteiger partial charge in [-0.3, -0.25) is 0 Å². The number of aliphatic hydroxyl groups is 1. The second-order valence-corrected chi connectivity index (χ2v) is 5.46. The number of fused-ring (bicyclic) bond motifs is 1. The first-order valence-electron chi connectivity index (χ1n) is 6.37. The molecule has 96 valence electrons. The van der Waals surface area contributed by atoms with E-state index >= 15 is 0 Å². The summed E-state index contributed by atoms with van der Waals surface area (Å²) in [5.74, 6) is 0.999. The maximum atomic E-state index is 9.45. The maximum absolute atomic E-state index is 9.45. The van der Waals surface area contributed by atoms with Crippen LogP contribution < -0.4 is 5.73 Å². The Morgan fingerprint density at radius 3 is 2.83 bits per heavy atom. The largest absolute Gasteiger partial charge is 0.396 e. The fourth-order valence-electron chi connectivity index (χ4n) is 2.61. The lowest BCUT2D eigenvalue weighted by atomic mass is 9.91. The standard InChI is InChI=1S/C14H19N3O/c1-9-16-11-7-10(3-4-12(11)17(9)2)13(15)14(8-18)5-6-14/h3-4,7,13,18H,5-6,8,15H2,1-2H3. The Morgan fingerprint density at radius 1 is 1.50 bits per heavy atom. The van der Waals surface area contributed by atoms with Gasteiger partial charge in [-0.1, -0.05) is 6.07 Å². The minimum Gasteiger partial charge on any atom is -0.396 e. The molecule has 1 aliphatic carbocycles. The predicted molar refractivity (Wildman–Crippen MR) is 71.1 cm³/mol. The molecule has 1 atom stereocenters. The van der Waals surface area contributed by atoms with E-state index in [0.29, 0.717) is 0 Å². The normalized spacial score (nSPS) is 19.1. The minimum atomic E-state index is -0.0887. The van der Waals surface area contributed by atoms with E-state index in [1.165, 1.54) is 0 Å². The van der Waals surface area contributed by atoms with Gasteiger partial charge in [0, 0.05) is 18.5 Å². The van der Waals surface area contributed by atoms with Crippen LogP contribution in [0.25, 0.3) is 11.0 Å². The molecule has 3 rings (SSSR count). The van der Waals surface area contributed by atoms with Crippen LogP contribution in [0.5, 0.6) is 0 Å². The summed E-state index contributed by atoms with van der Waals surface area (Å²) in [6.45, 7) is 2.17. The van der Waals surface area contributed by atoms with Gasteiger partial charge in [0.05, 0.1) is 17.6 Å². The Kier molecular flexibility index (Phi) is 2.47. The molecular formula is C14H19N3O. The van der Waals surface area contributed by atoms with Crippen molar-refractivity contribution in [3.05, 3.63) is 29.6 Å². The highest BCUT2D eigenvalue weighted by atomic mass is 16.3. The molecule has 0 aliphatic heterocycles. The van der Waals surface area contributed by atoms with E-state index in [0.717, 1.165) is 35.3 Å². The summed E-state index contributed by atoms with van der Waals surface area (Å²) in [5.41, 5.74) is 9.38. The molecule has 0 amide bonds. The fourth-order valence-corrected chi connectivity index (χ4v) is 2.61. The lowest BCUT2D eigenvalue weighted by molar-refractivity contribution is 0.188. The van der Waals surface area contributed by atoms with Crippen molar-refractivity contribution in [2.45, 2.75) is 25.8 Å². The molecule has 4 nitrogen and oxygen atoms in total. The Labute approximate surface area is 106 Å². The summed E-state index contributed by atoms with van der Waals surface area (Å²) >= 11 is 0. The van der Waals surface area contributed by atoms with E-state index in [4.69, 9.17) is 5.73 Å². The molecule has 0 radical (unpaired) electrons. The predicted octanol–water partition coefficient (Wildman–Crippen LogP) is 1.65. The Bertz CT molecular complexity index is 598. The number of hydrogen-bond donors (Lipinski definition) is 2. The minimum absolute atomic E-state index is 0.0858. The molecule has 0 saturated heterocycles. The Balaban J connectivity index is 2.03. The van der Waals surface area contributed by atoms with E-state index in [1.807, 2.05) is 14.0 Å². The molecule has 1 saturated carbocycles. The van der Waals surface area contributed by atoms with Gasteiger partial charge < -0.3 is 15.4 Å². The number of rotatable bonds is 3. The number of nitrogens with zero attached hydrogens (tertiary/aromatic N) is 2. The number of nitrogens with two attached hydrogens (primary N) is 1. The van der Waals surface area contributed by atoms with Crippen LogP contribution in [0.2, 0.25) is 0 Å². The van der Waals surface area contributed by atoms with E-state index < -0.39 is 0 Å². The first kappa shape index (κ1) is 11.7. The van der Waals surface area contributed by atoms with Crippen molar-refractivity contribution in [1.82, 2.24) is 9.55 Å².